The summed E-state index contributed by atoms with van der Waals surface area (Å²) < 4.78 is 30.9. The second kappa shape index (κ2) is 15.0. The number of hydrogen-bond donors (Lipinski definition) is 0. The van der Waals surface area contributed by atoms with E-state index in [4.69, 9.17) is 46.9 Å². The van der Waals surface area contributed by atoms with Gasteiger partial charge in [-0.2, -0.15) is 0 Å². The molecule has 0 radical (unpaired) electrons. The Morgan fingerprint density at radius 1 is 0.979 bits per heavy atom. The van der Waals surface area contributed by atoms with Crippen LogP contribution in [0.4, 0.5) is 0 Å². The Bertz CT molecular complexity index is 2060. The third-order valence-corrected chi connectivity index (χ3v) is 9.53. The first-order valence-electron chi connectivity index (χ1n) is 14.5. The number of carbonyl (C=O) groups is 1. The Hall–Kier alpha value is -3.77. The van der Waals surface area contributed by atoms with Crippen molar-refractivity contribution in [1.82, 2.24) is 4.57 Å². The van der Waals surface area contributed by atoms with Gasteiger partial charge in [0.25, 0.3) is 5.56 Å². The highest BCUT2D eigenvalue weighted by Gasteiger charge is 2.35. The highest BCUT2D eigenvalue weighted by molar-refractivity contribution is 9.10. The number of thiazole rings is 1. The van der Waals surface area contributed by atoms with Gasteiger partial charge in [-0.05, 0) is 74.4 Å². The molecule has 0 bridgehead atoms. The second-order valence-corrected chi connectivity index (χ2v) is 12.9. The van der Waals surface area contributed by atoms with Gasteiger partial charge < -0.3 is 23.7 Å². The maximum Gasteiger partial charge on any atom is 0.338 e. The minimum atomic E-state index is -0.851. The minimum absolute atomic E-state index is 0.161. The fourth-order valence-electron chi connectivity index (χ4n) is 5.11. The van der Waals surface area contributed by atoms with Crippen LogP contribution in [-0.2, 0) is 16.1 Å². The summed E-state index contributed by atoms with van der Waals surface area (Å²) in [6.07, 6.45) is 1.76. The van der Waals surface area contributed by atoms with Crippen LogP contribution in [0.5, 0.6) is 23.0 Å². The van der Waals surface area contributed by atoms with Crippen LogP contribution in [0, 0.1) is 0 Å². The Morgan fingerprint density at radius 2 is 1.72 bits per heavy atom. The molecule has 1 atom stereocenters. The molecule has 1 aliphatic rings. The molecular formula is C34H31BrCl2N2O7S. The average Bonchev–Trinajstić information content (AvgIpc) is 3.34. The average molecular weight is 763 g/mol. The first-order chi connectivity index (χ1) is 22.6. The monoisotopic (exact) mass is 760 g/mol. The van der Waals surface area contributed by atoms with Crippen LogP contribution in [-0.4, -0.2) is 38.0 Å². The van der Waals surface area contributed by atoms with Crippen LogP contribution in [0.25, 0.3) is 6.08 Å². The molecule has 0 amide bonds. The van der Waals surface area contributed by atoms with E-state index < -0.39 is 12.0 Å². The van der Waals surface area contributed by atoms with Crippen molar-refractivity contribution >= 4 is 62.5 Å². The van der Waals surface area contributed by atoms with Crippen molar-refractivity contribution in [2.75, 3.05) is 27.4 Å². The lowest BCUT2D eigenvalue weighted by atomic mass is 9.95. The maximum atomic E-state index is 14.2. The van der Waals surface area contributed by atoms with Gasteiger partial charge in [0, 0.05) is 20.1 Å². The molecule has 246 valence electrons. The molecule has 0 unspecified atom stereocenters. The fourth-order valence-corrected chi connectivity index (χ4v) is 7.16. The summed E-state index contributed by atoms with van der Waals surface area (Å²) in [5, 5.41) is 1.04. The number of halogens is 3. The zero-order valence-electron chi connectivity index (χ0n) is 26.2. The molecule has 0 fully saturated rings. The first kappa shape index (κ1) is 34.6. The number of allylic oxidation sites excluding steroid dienone is 1. The number of benzene rings is 3. The highest BCUT2D eigenvalue weighted by Crippen LogP contribution is 2.41. The topological polar surface area (TPSA) is 97.6 Å². The highest BCUT2D eigenvalue weighted by atomic mass is 79.9. The van der Waals surface area contributed by atoms with Gasteiger partial charge >= 0.3 is 5.97 Å². The standard InChI is InChI=1S/C34H31BrCl2N2O7S/c1-6-44-28-12-19(8-11-25(28)46-17-20-9-10-21(36)14-24(20)37)13-29-32(40)39-31(22-15-26(42-4)27(43-5)16-23(22)35)30(33(41)45-7-2)18(3)38-34(39)47-29/h8-16,31H,6-7,17H2,1-5H3/b29-13-/t31-/m0/s1. The predicted octanol–water partition coefficient (Wildman–Crippen LogP) is 6.86. The summed E-state index contributed by atoms with van der Waals surface area (Å²) in [7, 11) is 3.06. The zero-order chi connectivity index (χ0) is 33.8. The summed E-state index contributed by atoms with van der Waals surface area (Å²) in [6, 6.07) is 13.3. The van der Waals surface area contributed by atoms with E-state index in [1.165, 1.54) is 30.1 Å². The van der Waals surface area contributed by atoms with Crippen molar-refractivity contribution in [1.29, 1.82) is 0 Å². The predicted molar refractivity (Wildman–Crippen MR) is 186 cm³/mol. The number of nitrogens with zero attached hydrogens (tertiary/aromatic N) is 2. The molecule has 0 N–H and O–H groups in total. The summed E-state index contributed by atoms with van der Waals surface area (Å²) in [5.74, 6) is 1.39. The third-order valence-electron chi connectivity index (χ3n) is 7.28. The number of esters is 1. The molecule has 0 saturated carbocycles. The number of hydrogen-bond acceptors (Lipinski definition) is 9. The van der Waals surface area contributed by atoms with E-state index in [-0.39, 0.29) is 24.3 Å². The van der Waals surface area contributed by atoms with Gasteiger partial charge in [0.1, 0.15) is 6.61 Å². The quantitative estimate of drug-likeness (QED) is 0.154. The van der Waals surface area contributed by atoms with Crippen LogP contribution in [0.1, 0.15) is 43.5 Å². The number of rotatable bonds is 11. The second-order valence-electron chi connectivity index (χ2n) is 10.2. The molecular weight excluding hydrogens is 731 g/mol. The Kier molecular flexibility index (Phi) is 11.0. The third kappa shape index (κ3) is 7.23. The van der Waals surface area contributed by atoms with Gasteiger partial charge in [-0.3, -0.25) is 9.36 Å². The molecule has 1 aliphatic heterocycles. The number of aromatic nitrogens is 1. The summed E-state index contributed by atoms with van der Waals surface area (Å²) in [4.78, 5) is 32.6. The largest absolute Gasteiger partial charge is 0.493 e. The van der Waals surface area contributed by atoms with Gasteiger partial charge in [-0.25, -0.2) is 9.79 Å². The van der Waals surface area contributed by atoms with Crippen LogP contribution in [0.15, 0.2) is 74.1 Å². The van der Waals surface area contributed by atoms with E-state index in [0.29, 0.717) is 70.3 Å². The van der Waals surface area contributed by atoms with Gasteiger partial charge in [-0.15, -0.1) is 0 Å². The molecule has 9 nitrogen and oxygen atoms in total. The van der Waals surface area contributed by atoms with Crippen molar-refractivity contribution in [3.63, 3.8) is 0 Å². The molecule has 1 aromatic heterocycles. The molecule has 0 spiro atoms. The molecule has 0 saturated heterocycles. The van der Waals surface area contributed by atoms with Gasteiger partial charge in [0.15, 0.2) is 27.8 Å². The molecule has 47 heavy (non-hydrogen) atoms. The lowest BCUT2D eigenvalue weighted by Gasteiger charge is -2.26. The van der Waals surface area contributed by atoms with E-state index in [2.05, 4.69) is 20.9 Å². The number of fused-ring (bicyclic) bond motifs is 1. The van der Waals surface area contributed by atoms with Crippen molar-refractivity contribution < 1.29 is 28.5 Å². The van der Waals surface area contributed by atoms with Crippen LogP contribution in [0.2, 0.25) is 10.0 Å². The molecule has 3 aromatic carbocycles. The van der Waals surface area contributed by atoms with Crippen molar-refractivity contribution in [3.8, 4) is 23.0 Å². The van der Waals surface area contributed by atoms with E-state index in [9.17, 15) is 9.59 Å². The molecule has 13 heteroatoms. The van der Waals surface area contributed by atoms with Gasteiger partial charge in [0.2, 0.25) is 0 Å². The van der Waals surface area contributed by atoms with E-state index >= 15 is 0 Å². The fraction of sp³-hybridized carbons (Fsp3) is 0.265. The number of ether oxygens (including phenoxy) is 5. The number of carbonyl (C=O) groups excluding carboxylic acids is 1. The van der Waals surface area contributed by atoms with Gasteiger partial charge in [-0.1, -0.05) is 62.6 Å². The van der Waals surface area contributed by atoms with Gasteiger partial charge in [0.05, 0.1) is 49.3 Å². The summed E-state index contributed by atoms with van der Waals surface area (Å²) in [5.41, 5.74) is 2.46. The Labute approximate surface area is 293 Å². The van der Waals surface area contributed by atoms with Crippen LogP contribution < -0.4 is 33.8 Å². The van der Waals surface area contributed by atoms with Crippen molar-refractivity contribution in [2.45, 2.75) is 33.4 Å². The maximum absolute atomic E-state index is 14.2. The smallest absolute Gasteiger partial charge is 0.338 e. The van der Waals surface area contributed by atoms with E-state index in [1.54, 1.807) is 56.3 Å². The van der Waals surface area contributed by atoms with E-state index in [1.807, 2.05) is 19.1 Å². The SMILES string of the molecule is CCOC(=O)C1=C(C)N=c2s/c(=C\c3ccc(OCc4ccc(Cl)cc4Cl)c(OCC)c3)c(=O)n2[C@H]1c1cc(OC)c(OC)cc1Br. The first-order valence-corrected chi connectivity index (χ1v) is 16.9. The number of methoxy groups -OCH3 is 2. The minimum Gasteiger partial charge on any atom is -0.493 e. The van der Waals surface area contributed by atoms with Crippen molar-refractivity contribution in [2.24, 2.45) is 4.99 Å². The van der Waals surface area contributed by atoms with Crippen LogP contribution in [0.3, 0.4) is 0 Å². The van der Waals surface area contributed by atoms with Crippen molar-refractivity contribution in [3.05, 3.63) is 111 Å². The molecule has 4 aromatic rings. The normalized spacial score (nSPS) is 14.4. The Morgan fingerprint density at radius 3 is 2.40 bits per heavy atom. The summed E-state index contributed by atoms with van der Waals surface area (Å²) >= 11 is 17.2. The summed E-state index contributed by atoms with van der Waals surface area (Å²) in [6.45, 7) is 6.11. The van der Waals surface area contributed by atoms with E-state index in [0.717, 1.165) is 5.56 Å². The van der Waals surface area contributed by atoms with Crippen LogP contribution >= 0.6 is 50.5 Å². The molecule has 2 heterocycles. The lowest BCUT2D eigenvalue weighted by molar-refractivity contribution is -0.139. The Balaban J connectivity index is 1.60. The zero-order valence-corrected chi connectivity index (χ0v) is 30.1. The lowest BCUT2D eigenvalue weighted by Crippen LogP contribution is -2.40. The molecule has 5 rings (SSSR count). The molecule has 0 aliphatic carbocycles.